The molecule has 0 aliphatic rings. The van der Waals surface area contributed by atoms with E-state index >= 15 is 0 Å². The zero-order valence-electron chi connectivity index (χ0n) is 6.27. The summed E-state index contributed by atoms with van der Waals surface area (Å²) in [5, 5.41) is 9.04. The number of rotatable bonds is 3. The lowest BCUT2D eigenvalue weighted by Crippen LogP contribution is -2.05. The van der Waals surface area contributed by atoms with E-state index in [1.807, 2.05) is 0 Å². The van der Waals surface area contributed by atoms with Crippen molar-refractivity contribution in [2.75, 3.05) is 0 Å². The van der Waals surface area contributed by atoms with Crippen LogP contribution < -0.4 is 4.84 Å². The van der Waals surface area contributed by atoms with Gasteiger partial charge in [-0.25, -0.2) is 0 Å². The van der Waals surface area contributed by atoms with Gasteiger partial charge in [-0.15, -0.1) is 10.1 Å². The van der Waals surface area contributed by atoms with Gasteiger partial charge in [0, 0.05) is 10.0 Å². The summed E-state index contributed by atoms with van der Waals surface area (Å²) in [7, 11) is 0. The van der Waals surface area contributed by atoms with E-state index < -0.39 is 5.09 Å². The summed E-state index contributed by atoms with van der Waals surface area (Å²) in [5.41, 5.74) is 0.139. The van der Waals surface area contributed by atoms with Crippen molar-refractivity contribution in [1.82, 2.24) is 0 Å². The molecule has 0 N–H and O–H groups in total. The van der Waals surface area contributed by atoms with Gasteiger partial charge < -0.3 is 0 Å². The Morgan fingerprint density at radius 1 is 1.54 bits per heavy atom. The molecule has 0 unspecified atom stereocenters. The molecule has 1 aromatic carbocycles. The van der Waals surface area contributed by atoms with Crippen LogP contribution in [0.1, 0.15) is 10.4 Å². The summed E-state index contributed by atoms with van der Waals surface area (Å²) in [5.74, 6) is -0.0747. The summed E-state index contributed by atoms with van der Waals surface area (Å²) >= 11 is 3.10. The predicted molar refractivity (Wildman–Crippen MR) is 47.2 cm³/mol. The van der Waals surface area contributed by atoms with Crippen molar-refractivity contribution in [2.24, 2.45) is 0 Å². The summed E-state index contributed by atoms with van der Waals surface area (Å²) in [6.45, 7) is 0. The van der Waals surface area contributed by atoms with Crippen molar-refractivity contribution >= 4 is 22.2 Å². The standard InChI is InChI=1S/C7H4BrNO4/c8-6-2-1-5(4-10)7(3-6)13-9(11)12/h1-4H. The second-order valence-corrected chi connectivity index (χ2v) is 3.03. The first-order valence-electron chi connectivity index (χ1n) is 3.20. The molecule has 0 aliphatic carbocycles. The van der Waals surface area contributed by atoms with Crippen molar-refractivity contribution in [1.29, 1.82) is 0 Å². The van der Waals surface area contributed by atoms with E-state index in [9.17, 15) is 14.9 Å². The zero-order valence-corrected chi connectivity index (χ0v) is 7.85. The summed E-state index contributed by atoms with van der Waals surface area (Å²) in [6.07, 6.45) is 0.491. The lowest BCUT2D eigenvalue weighted by molar-refractivity contribution is -0.711. The molecular weight excluding hydrogens is 242 g/mol. The second-order valence-electron chi connectivity index (χ2n) is 2.11. The molecule has 0 radical (unpaired) electrons. The highest BCUT2D eigenvalue weighted by Crippen LogP contribution is 2.22. The monoisotopic (exact) mass is 245 g/mol. The molecule has 68 valence electrons. The third kappa shape index (κ3) is 2.51. The Hall–Kier alpha value is -1.43. The van der Waals surface area contributed by atoms with Crippen molar-refractivity contribution in [2.45, 2.75) is 0 Å². The Morgan fingerprint density at radius 2 is 2.23 bits per heavy atom. The van der Waals surface area contributed by atoms with Crippen molar-refractivity contribution in [3.8, 4) is 5.75 Å². The molecule has 0 fully saturated rings. The Morgan fingerprint density at radius 3 is 2.77 bits per heavy atom. The smallest absolute Gasteiger partial charge is 0.298 e. The maximum absolute atomic E-state index is 10.4. The van der Waals surface area contributed by atoms with Crippen LogP contribution in [0.5, 0.6) is 5.75 Å². The van der Waals surface area contributed by atoms with Crippen molar-refractivity contribution in [3.05, 3.63) is 38.3 Å². The van der Waals surface area contributed by atoms with E-state index in [-0.39, 0.29) is 11.3 Å². The molecule has 6 heteroatoms. The topological polar surface area (TPSA) is 69.4 Å². The molecule has 5 nitrogen and oxygen atoms in total. The van der Waals surface area contributed by atoms with Crippen LogP contribution in [0.4, 0.5) is 0 Å². The number of carbonyl (C=O) groups excluding carboxylic acids is 1. The first-order valence-corrected chi connectivity index (χ1v) is 4.00. The van der Waals surface area contributed by atoms with Crippen LogP contribution in [-0.4, -0.2) is 11.4 Å². The molecule has 0 aliphatic heterocycles. The van der Waals surface area contributed by atoms with Crippen LogP contribution in [0.3, 0.4) is 0 Å². The van der Waals surface area contributed by atoms with Gasteiger partial charge in [-0.05, 0) is 18.2 Å². The van der Waals surface area contributed by atoms with Gasteiger partial charge in [0.1, 0.15) is 5.75 Å². The Balaban J connectivity index is 3.07. The van der Waals surface area contributed by atoms with Crippen LogP contribution in [0.15, 0.2) is 22.7 Å². The molecule has 1 rings (SSSR count). The average molecular weight is 246 g/mol. The lowest BCUT2D eigenvalue weighted by Gasteiger charge is -2.01. The number of nitrogens with zero attached hydrogens (tertiary/aromatic N) is 1. The molecule has 0 amide bonds. The number of hydrogen-bond donors (Lipinski definition) is 0. The highest BCUT2D eigenvalue weighted by Gasteiger charge is 2.06. The van der Waals surface area contributed by atoms with E-state index in [1.54, 1.807) is 6.07 Å². The highest BCUT2D eigenvalue weighted by molar-refractivity contribution is 9.10. The van der Waals surface area contributed by atoms with Gasteiger partial charge in [0.15, 0.2) is 6.29 Å². The summed E-state index contributed by atoms with van der Waals surface area (Å²) < 4.78 is 0.606. The molecule has 13 heavy (non-hydrogen) atoms. The van der Waals surface area contributed by atoms with Crippen LogP contribution in [0.25, 0.3) is 0 Å². The molecule has 0 saturated heterocycles. The normalized spacial score (nSPS) is 9.31. The minimum Gasteiger partial charge on any atom is -0.298 e. The molecule has 0 spiro atoms. The van der Waals surface area contributed by atoms with Crippen LogP contribution in [0, 0.1) is 10.1 Å². The Labute approximate surface area is 81.5 Å². The Kier molecular flexibility index (Phi) is 2.97. The van der Waals surface area contributed by atoms with E-state index in [4.69, 9.17) is 0 Å². The largest absolute Gasteiger partial charge is 0.299 e. The minimum atomic E-state index is -0.964. The Bertz CT molecular complexity index is 352. The van der Waals surface area contributed by atoms with Crippen molar-refractivity contribution < 1.29 is 14.7 Å². The van der Waals surface area contributed by atoms with Gasteiger partial charge in [0.2, 0.25) is 0 Å². The first kappa shape index (κ1) is 9.66. The van der Waals surface area contributed by atoms with E-state index in [2.05, 4.69) is 20.8 Å². The van der Waals surface area contributed by atoms with Gasteiger partial charge in [0.25, 0.3) is 5.09 Å². The lowest BCUT2D eigenvalue weighted by atomic mass is 10.2. The SMILES string of the molecule is O=Cc1ccc(Br)cc1O[N+](=O)[O-]. The number of carbonyl (C=O) groups is 1. The molecule has 0 heterocycles. The third-order valence-electron chi connectivity index (χ3n) is 1.28. The summed E-state index contributed by atoms with van der Waals surface area (Å²) in [6, 6.07) is 4.37. The first-order chi connectivity index (χ1) is 6.13. The number of aldehydes is 1. The van der Waals surface area contributed by atoms with Crippen LogP contribution >= 0.6 is 15.9 Å². The third-order valence-corrected chi connectivity index (χ3v) is 1.77. The maximum atomic E-state index is 10.4. The van der Waals surface area contributed by atoms with Crippen LogP contribution in [-0.2, 0) is 0 Å². The fourth-order valence-electron chi connectivity index (χ4n) is 0.765. The molecular formula is C7H4BrNO4. The van der Waals surface area contributed by atoms with E-state index in [0.29, 0.717) is 10.8 Å². The number of benzene rings is 1. The highest BCUT2D eigenvalue weighted by atomic mass is 79.9. The number of halogens is 1. The average Bonchev–Trinajstić information content (AvgIpc) is 2.03. The van der Waals surface area contributed by atoms with Crippen molar-refractivity contribution in [3.63, 3.8) is 0 Å². The molecule has 1 aromatic rings. The molecule has 0 saturated carbocycles. The van der Waals surface area contributed by atoms with E-state index in [1.165, 1.54) is 12.1 Å². The fourth-order valence-corrected chi connectivity index (χ4v) is 1.11. The van der Waals surface area contributed by atoms with Gasteiger partial charge in [0.05, 0.1) is 0 Å². The molecule has 0 atom stereocenters. The van der Waals surface area contributed by atoms with Gasteiger partial charge in [-0.1, -0.05) is 15.9 Å². The van der Waals surface area contributed by atoms with Crippen LogP contribution in [0.2, 0.25) is 0 Å². The summed E-state index contributed by atoms with van der Waals surface area (Å²) in [4.78, 5) is 24.6. The fraction of sp³-hybridized carbons (Fsp3) is 0. The predicted octanol–water partition coefficient (Wildman–Crippen LogP) is 1.83. The maximum Gasteiger partial charge on any atom is 0.299 e. The van der Waals surface area contributed by atoms with E-state index in [0.717, 1.165) is 0 Å². The zero-order chi connectivity index (χ0) is 9.84. The van der Waals surface area contributed by atoms with Gasteiger partial charge in [-0.2, -0.15) is 0 Å². The molecule has 0 aromatic heterocycles. The van der Waals surface area contributed by atoms with Gasteiger partial charge >= 0.3 is 0 Å². The quantitative estimate of drug-likeness (QED) is 0.463. The minimum absolute atomic E-state index is 0.0747. The van der Waals surface area contributed by atoms with Gasteiger partial charge in [-0.3, -0.25) is 9.63 Å². The molecule has 0 bridgehead atoms. The number of hydrogen-bond acceptors (Lipinski definition) is 4. The second kappa shape index (κ2) is 3.99.